The van der Waals surface area contributed by atoms with Crippen LogP contribution < -0.4 is 9.64 Å². The standard InChI is InChI=1S/C21H21N7O2/c1-2-26-13-22-17-18(26)23-21(24-19(17)27-7-9-29-10-8-27)28-11-16-15-6-4-3-5-14(15)12-30-20(16)25-28/h3-6,11,13H,2,7-10,12H2,1H3. The zero-order valence-electron chi connectivity index (χ0n) is 16.7. The van der Waals surface area contributed by atoms with Gasteiger partial charge in [0.05, 0.1) is 25.1 Å². The molecule has 30 heavy (non-hydrogen) atoms. The van der Waals surface area contributed by atoms with Crippen LogP contribution in [-0.4, -0.2) is 55.6 Å². The minimum atomic E-state index is 0.509. The maximum absolute atomic E-state index is 5.88. The van der Waals surface area contributed by atoms with E-state index in [1.54, 1.807) is 4.68 Å². The summed E-state index contributed by atoms with van der Waals surface area (Å²) in [6.45, 7) is 6.28. The lowest BCUT2D eigenvalue weighted by atomic mass is 10.0. The van der Waals surface area contributed by atoms with Crippen LogP contribution in [0.15, 0.2) is 36.8 Å². The van der Waals surface area contributed by atoms with Crippen LogP contribution in [0.3, 0.4) is 0 Å². The van der Waals surface area contributed by atoms with Crippen LogP contribution in [0.2, 0.25) is 0 Å². The third-order valence-corrected chi connectivity index (χ3v) is 5.64. The lowest BCUT2D eigenvalue weighted by Crippen LogP contribution is -2.37. The van der Waals surface area contributed by atoms with E-state index in [-0.39, 0.29) is 0 Å². The zero-order valence-corrected chi connectivity index (χ0v) is 16.7. The van der Waals surface area contributed by atoms with Crippen molar-refractivity contribution in [1.82, 2.24) is 29.3 Å². The molecule has 0 amide bonds. The average molecular weight is 403 g/mol. The Hall–Kier alpha value is -3.46. The number of rotatable bonds is 3. The van der Waals surface area contributed by atoms with Crippen LogP contribution in [0, 0.1) is 0 Å². The van der Waals surface area contributed by atoms with Crippen molar-refractivity contribution in [2.24, 2.45) is 0 Å². The number of morpholine rings is 1. The molecule has 9 nitrogen and oxygen atoms in total. The first-order valence-electron chi connectivity index (χ1n) is 10.2. The minimum absolute atomic E-state index is 0.509. The normalized spacial score (nSPS) is 15.7. The second-order valence-electron chi connectivity index (χ2n) is 7.39. The summed E-state index contributed by atoms with van der Waals surface area (Å²) in [5, 5.41) is 4.65. The summed E-state index contributed by atoms with van der Waals surface area (Å²) in [6.07, 6.45) is 3.77. The molecule has 0 spiro atoms. The molecule has 0 bridgehead atoms. The number of aryl methyl sites for hydroxylation is 1. The molecule has 0 unspecified atom stereocenters. The molecule has 3 aromatic heterocycles. The van der Waals surface area contributed by atoms with Crippen LogP contribution in [0.4, 0.5) is 5.82 Å². The van der Waals surface area contributed by atoms with E-state index in [2.05, 4.69) is 34.0 Å². The van der Waals surface area contributed by atoms with Crippen LogP contribution >= 0.6 is 0 Å². The molecule has 6 rings (SSSR count). The van der Waals surface area contributed by atoms with Gasteiger partial charge >= 0.3 is 0 Å². The summed E-state index contributed by atoms with van der Waals surface area (Å²) in [4.78, 5) is 16.5. The van der Waals surface area contributed by atoms with E-state index in [0.717, 1.165) is 53.3 Å². The van der Waals surface area contributed by atoms with E-state index in [0.29, 0.717) is 31.6 Å². The molecule has 0 atom stereocenters. The fraction of sp³-hybridized carbons (Fsp3) is 0.333. The first kappa shape index (κ1) is 17.4. The number of benzene rings is 1. The van der Waals surface area contributed by atoms with Crippen molar-refractivity contribution in [3.8, 4) is 23.0 Å². The summed E-state index contributed by atoms with van der Waals surface area (Å²) in [6, 6.07) is 8.23. The first-order valence-corrected chi connectivity index (χ1v) is 10.2. The van der Waals surface area contributed by atoms with Gasteiger partial charge in [-0.1, -0.05) is 24.3 Å². The summed E-state index contributed by atoms with van der Waals surface area (Å²) in [5.41, 5.74) is 4.86. The molecule has 5 heterocycles. The Morgan fingerprint density at radius 3 is 2.80 bits per heavy atom. The van der Waals surface area contributed by atoms with Crippen molar-refractivity contribution in [3.63, 3.8) is 0 Å². The van der Waals surface area contributed by atoms with E-state index < -0.39 is 0 Å². The number of hydrogen-bond donors (Lipinski definition) is 0. The van der Waals surface area contributed by atoms with Gasteiger partial charge < -0.3 is 18.9 Å². The van der Waals surface area contributed by atoms with Gasteiger partial charge in [0.25, 0.3) is 5.95 Å². The summed E-state index contributed by atoms with van der Waals surface area (Å²) < 4.78 is 15.1. The van der Waals surface area contributed by atoms with Crippen molar-refractivity contribution >= 4 is 17.0 Å². The van der Waals surface area contributed by atoms with Gasteiger partial charge in [-0.2, -0.15) is 9.97 Å². The third-order valence-electron chi connectivity index (χ3n) is 5.64. The maximum Gasteiger partial charge on any atom is 0.254 e. The van der Waals surface area contributed by atoms with Crippen molar-refractivity contribution < 1.29 is 9.47 Å². The van der Waals surface area contributed by atoms with Crippen LogP contribution in [0.5, 0.6) is 5.88 Å². The van der Waals surface area contributed by atoms with E-state index in [1.807, 2.05) is 29.2 Å². The highest BCUT2D eigenvalue weighted by Gasteiger charge is 2.24. The molecule has 4 aromatic rings. The van der Waals surface area contributed by atoms with E-state index in [9.17, 15) is 0 Å². The molecule has 1 fully saturated rings. The van der Waals surface area contributed by atoms with Gasteiger partial charge in [-0.05, 0) is 18.1 Å². The second-order valence-corrected chi connectivity index (χ2v) is 7.39. The summed E-state index contributed by atoms with van der Waals surface area (Å²) in [7, 11) is 0. The molecule has 2 aliphatic heterocycles. The highest BCUT2D eigenvalue weighted by Crippen LogP contribution is 2.37. The Kier molecular flexibility index (Phi) is 3.95. The Morgan fingerprint density at radius 1 is 1.07 bits per heavy atom. The number of ether oxygens (including phenoxy) is 2. The Bertz CT molecular complexity index is 1240. The van der Waals surface area contributed by atoms with Crippen molar-refractivity contribution in [2.45, 2.75) is 20.1 Å². The Balaban J connectivity index is 1.51. The highest BCUT2D eigenvalue weighted by atomic mass is 16.5. The largest absolute Gasteiger partial charge is 0.471 e. The lowest BCUT2D eigenvalue weighted by molar-refractivity contribution is 0.122. The smallest absolute Gasteiger partial charge is 0.254 e. The molecule has 1 saturated heterocycles. The van der Waals surface area contributed by atoms with Gasteiger partial charge in [0.2, 0.25) is 5.88 Å². The van der Waals surface area contributed by atoms with Gasteiger partial charge in [0, 0.05) is 25.8 Å². The van der Waals surface area contributed by atoms with Crippen LogP contribution in [0.1, 0.15) is 12.5 Å². The van der Waals surface area contributed by atoms with Crippen LogP contribution in [0.25, 0.3) is 28.2 Å². The first-order chi connectivity index (χ1) is 14.8. The van der Waals surface area contributed by atoms with E-state index in [1.165, 1.54) is 0 Å². The second kappa shape index (κ2) is 6.81. The number of nitrogens with zero attached hydrogens (tertiary/aromatic N) is 7. The predicted molar refractivity (Wildman–Crippen MR) is 111 cm³/mol. The Morgan fingerprint density at radius 2 is 1.93 bits per heavy atom. The minimum Gasteiger partial charge on any atom is -0.471 e. The number of imidazole rings is 1. The van der Waals surface area contributed by atoms with Gasteiger partial charge in [-0.15, -0.1) is 5.10 Å². The highest BCUT2D eigenvalue weighted by molar-refractivity contribution is 5.84. The maximum atomic E-state index is 5.88. The third kappa shape index (κ3) is 2.66. The Labute approximate surface area is 172 Å². The van der Waals surface area contributed by atoms with Gasteiger partial charge in [-0.3, -0.25) is 0 Å². The molecule has 1 aromatic carbocycles. The quantitative estimate of drug-likeness (QED) is 0.519. The molecule has 152 valence electrons. The van der Waals surface area contributed by atoms with Gasteiger partial charge in [0.1, 0.15) is 6.61 Å². The summed E-state index contributed by atoms with van der Waals surface area (Å²) >= 11 is 0. The van der Waals surface area contributed by atoms with Gasteiger partial charge in [0.15, 0.2) is 17.0 Å². The van der Waals surface area contributed by atoms with Crippen LogP contribution in [-0.2, 0) is 17.9 Å². The molecule has 0 aliphatic carbocycles. The fourth-order valence-electron chi connectivity index (χ4n) is 4.05. The van der Waals surface area contributed by atoms with E-state index >= 15 is 0 Å². The van der Waals surface area contributed by atoms with Gasteiger partial charge in [-0.25, -0.2) is 9.67 Å². The average Bonchev–Trinajstić information content (AvgIpc) is 3.43. The zero-order chi connectivity index (χ0) is 20.1. The SMILES string of the molecule is CCn1cnc2c(N3CCOCC3)nc(-n3cc4c(n3)OCc3ccccc3-4)nc21. The molecule has 9 heteroatoms. The fourth-order valence-corrected chi connectivity index (χ4v) is 4.05. The molecule has 0 saturated carbocycles. The number of anilines is 1. The lowest BCUT2D eigenvalue weighted by Gasteiger charge is -2.28. The van der Waals surface area contributed by atoms with Crippen molar-refractivity contribution in [2.75, 3.05) is 31.2 Å². The van der Waals surface area contributed by atoms with Crippen molar-refractivity contribution in [3.05, 3.63) is 42.4 Å². The number of aromatic nitrogens is 6. The predicted octanol–water partition coefficient (Wildman–Crippen LogP) is 2.43. The monoisotopic (exact) mass is 403 g/mol. The number of fused-ring (bicyclic) bond motifs is 4. The topological polar surface area (TPSA) is 83.1 Å². The molecule has 0 radical (unpaired) electrons. The van der Waals surface area contributed by atoms with E-state index in [4.69, 9.17) is 19.4 Å². The van der Waals surface area contributed by atoms with Crippen molar-refractivity contribution in [1.29, 1.82) is 0 Å². The number of hydrogen-bond acceptors (Lipinski definition) is 7. The molecule has 0 N–H and O–H groups in total. The molecular formula is C21H21N7O2. The summed E-state index contributed by atoms with van der Waals surface area (Å²) in [5.74, 6) is 1.93. The molecular weight excluding hydrogens is 382 g/mol. The molecule has 2 aliphatic rings.